The lowest BCUT2D eigenvalue weighted by Crippen LogP contribution is -2.26. The normalized spacial score (nSPS) is 12.0. The zero-order valence-corrected chi connectivity index (χ0v) is 14.3. The predicted molar refractivity (Wildman–Crippen MR) is 101 cm³/mol. The Morgan fingerprint density at radius 3 is 2.69 bits per heavy atom. The molecule has 1 amide bonds. The van der Waals surface area contributed by atoms with Gasteiger partial charge in [0, 0.05) is 18.6 Å². The molecule has 1 N–H and O–H groups in total. The van der Waals surface area contributed by atoms with Gasteiger partial charge in [0.1, 0.15) is 12.1 Å². The number of hydrogen-bond acceptors (Lipinski definition) is 3. The van der Waals surface area contributed by atoms with Gasteiger partial charge in [-0.05, 0) is 35.4 Å². The monoisotopic (exact) mass is 342 g/mol. The zero-order chi connectivity index (χ0) is 17.9. The van der Waals surface area contributed by atoms with E-state index in [1.165, 1.54) is 0 Å². The Hall–Kier alpha value is -3.47. The Bertz CT molecular complexity index is 1030. The molecule has 2 aromatic heterocycles. The van der Waals surface area contributed by atoms with E-state index in [9.17, 15) is 4.79 Å². The SMILES string of the molecule is CC(NC(=O)c1ccc(-n2ccnc2)nc1)c1cccc2ccccc12. The Balaban J connectivity index is 1.54. The summed E-state index contributed by atoms with van der Waals surface area (Å²) in [6, 6.07) is 17.8. The fourth-order valence-electron chi connectivity index (χ4n) is 3.05. The number of aromatic nitrogens is 3. The van der Waals surface area contributed by atoms with E-state index in [-0.39, 0.29) is 11.9 Å². The minimum absolute atomic E-state index is 0.109. The molecule has 1 atom stereocenters. The molecule has 0 saturated carbocycles. The molecular formula is C21H18N4O. The molecule has 2 aromatic carbocycles. The van der Waals surface area contributed by atoms with Crippen LogP contribution in [0.3, 0.4) is 0 Å². The Labute approximate surface area is 151 Å². The van der Waals surface area contributed by atoms with Gasteiger partial charge in [-0.1, -0.05) is 42.5 Å². The number of rotatable bonds is 4. The average molecular weight is 342 g/mol. The summed E-state index contributed by atoms with van der Waals surface area (Å²) >= 11 is 0. The first kappa shape index (κ1) is 16.0. The fourth-order valence-corrected chi connectivity index (χ4v) is 3.05. The summed E-state index contributed by atoms with van der Waals surface area (Å²) in [4.78, 5) is 20.9. The van der Waals surface area contributed by atoms with Crippen molar-refractivity contribution in [1.29, 1.82) is 0 Å². The number of nitrogens with one attached hydrogen (secondary N) is 1. The van der Waals surface area contributed by atoms with Crippen LogP contribution in [-0.4, -0.2) is 20.4 Å². The van der Waals surface area contributed by atoms with E-state index in [4.69, 9.17) is 0 Å². The van der Waals surface area contributed by atoms with Crippen LogP contribution in [0, 0.1) is 0 Å². The van der Waals surface area contributed by atoms with Crippen molar-refractivity contribution >= 4 is 16.7 Å². The van der Waals surface area contributed by atoms with Gasteiger partial charge in [-0.15, -0.1) is 0 Å². The maximum absolute atomic E-state index is 12.6. The second kappa shape index (κ2) is 6.80. The molecular weight excluding hydrogens is 324 g/mol. The summed E-state index contributed by atoms with van der Waals surface area (Å²) in [6.45, 7) is 1.99. The maximum Gasteiger partial charge on any atom is 0.253 e. The number of carbonyl (C=O) groups excluding carboxylic acids is 1. The highest BCUT2D eigenvalue weighted by Gasteiger charge is 2.14. The van der Waals surface area contributed by atoms with Crippen LogP contribution < -0.4 is 5.32 Å². The molecule has 0 spiro atoms. The highest BCUT2D eigenvalue weighted by Crippen LogP contribution is 2.24. The van der Waals surface area contributed by atoms with E-state index in [0.717, 1.165) is 22.2 Å². The number of hydrogen-bond donors (Lipinski definition) is 1. The number of imidazole rings is 1. The second-order valence-electron chi connectivity index (χ2n) is 6.14. The van der Waals surface area contributed by atoms with Crippen LogP contribution >= 0.6 is 0 Å². The Morgan fingerprint density at radius 1 is 1.08 bits per heavy atom. The van der Waals surface area contributed by atoms with Gasteiger partial charge in [-0.3, -0.25) is 9.36 Å². The van der Waals surface area contributed by atoms with E-state index >= 15 is 0 Å². The van der Waals surface area contributed by atoms with Crippen LogP contribution in [0.15, 0.2) is 79.5 Å². The molecule has 1 unspecified atom stereocenters. The van der Waals surface area contributed by atoms with Crippen molar-refractivity contribution in [2.75, 3.05) is 0 Å². The van der Waals surface area contributed by atoms with Gasteiger partial charge in [0.25, 0.3) is 5.91 Å². The standard InChI is InChI=1S/C21H18N4O/c1-15(18-8-4-6-16-5-2-3-7-19(16)18)24-21(26)17-9-10-20(23-13-17)25-12-11-22-14-25/h2-15H,1H3,(H,24,26). The molecule has 5 heteroatoms. The largest absolute Gasteiger partial charge is 0.345 e. The van der Waals surface area contributed by atoms with Crippen LogP contribution in [0.4, 0.5) is 0 Å². The molecule has 128 valence electrons. The van der Waals surface area contributed by atoms with Crippen molar-refractivity contribution in [3.63, 3.8) is 0 Å². The molecule has 26 heavy (non-hydrogen) atoms. The summed E-state index contributed by atoms with van der Waals surface area (Å²) in [5.41, 5.74) is 1.63. The topological polar surface area (TPSA) is 59.8 Å². The van der Waals surface area contributed by atoms with Crippen molar-refractivity contribution in [3.8, 4) is 5.82 Å². The lowest BCUT2D eigenvalue weighted by molar-refractivity contribution is 0.0940. The molecule has 5 nitrogen and oxygen atoms in total. The molecule has 0 aliphatic carbocycles. The summed E-state index contributed by atoms with van der Waals surface area (Å²) in [5.74, 6) is 0.580. The summed E-state index contributed by atoms with van der Waals surface area (Å²) in [6.07, 6.45) is 6.75. The lowest BCUT2D eigenvalue weighted by atomic mass is 9.99. The van der Waals surface area contributed by atoms with Crippen molar-refractivity contribution in [3.05, 3.63) is 90.6 Å². The van der Waals surface area contributed by atoms with E-state index in [0.29, 0.717) is 5.56 Å². The van der Waals surface area contributed by atoms with Crippen LogP contribution in [0.5, 0.6) is 0 Å². The third-order valence-electron chi connectivity index (χ3n) is 4.42. The summed E-state index contributed by atoms with van der Waals surface area (Å²) in [7, 11) is 0. The lowest BCUT2D eigenvalue weighted by Gasteiger charge is -2.16. The quantitative estimate of drug-likeness (QED) is 0.612. The maximum atomic E-state index is 12.6. The summed E-state index contributed by atoms with van der Waals surface area (Å²) < 4.78 is 1.79. The van der Waals surface area contributed by atoms with Gasteiger partial charge in [0.2, 0.25) is 0 Å². The first-order chi connectivity index (χ1) is 12.7. The highest BCUT2D eigenvalue weighted by molar-refractivity contribution is 5.95. The molecule has 0 bridgehead atoms. The Morgan fingerprint density at radius 2 is 1.92 bits per heavy atom. The average Bonchev–Trinajstić information content (AvgIpc) is 3.22. The number of pyridine rings is 1. The predicted octanol–water partition coefficient (Wildman–Crippen LogP) is 3.91. The molecule has 0 radical (unpaired) electrons. The molecule has 4 aromatic rings. The van der Waals surface area contributed by atoms with E-state index in [2.05, 4.69) is 33.5 Å². The molecule has 4 rings (SSSR count). The third kappa shape index (κ3) is 3.07. The zero-order valence-electron chi connectivity index (χ0n) is 14.3. The van der Waals surface area contributed by atoms with E-state index < -0.39 is 0 Å². The van der Waals surface area contributed by atoms with Gasteiger partial charge in [-0.25, -0.2) is 9.97 Å². The number of carbonyl (C=O) groups is 1. The van der Waals surface area contributed by atoms with Crippen LogP contribution in [0.1, 0.15) is 28.9 Å². The van der Waals surface area contributed by atoms with Crippen LogP contribution in [0.25, 0.3) is 16.6 Å². The molecule has 0 fully saturated rings. The summed E-state index contributed by atoms with van der Waals surface area (Å²) in [5, 5.41) is 5.37. The minimum atomic E-state index is -0.143. The number of nitrogens with zero attached hydrogens (tertiary/aromatic N) is 3. The van der Waals surface area contributed by atoms with Crippen molar-refractivity contribution in [1.82, 2.24) is 19.9 Å². The highest BCUT2D eigenvalue weighted by atomic mass is 16.1. The smallest absolute Gasteiger partial charge is 0.253 e. The van der Waals surface area contributed by atoms with Gasteiger partial charge in [0.05, 0.1) is 11.6 Å². The van der Waals surface area contributed by atoms with Crippen molar-refractivity contribution in [2.24, 2.45) is 0 Å². The fraction of sp³-hybridized carbons (Fsp3) is 0.0952. The first-order valence-electron chi connectivity index (χ1n) is 8.45. The molecule has 0 aliphatic heterocycles. The van der Waals surface area contributed by atoms with Crippen LogP contribution in [0.2, 0.25) is 0 Å². The van der Waals surface area contributed by atoms with Crippen molar-refractivity contribution in [2.45, 2.75) is 13.0 Å². The Kier molecular flexibility index (Phi) is 4.19. The van der Waals surface area contributed by atoms with E-state index in [1.807, 2.05) is 37.4 Å². The van der Waals surface area contributed by atoms with Gasteiger partial charge >= 0.3 is 0 Å². The second-order valence-corrected chi connectivity index (χ2v) is 6.14. The first-order valence-corrected chi connectivity index (χ1v) is 8.45. The third-order valence-corrected chi connectivity index (χ3v) is 4.42. The number of benzene rings is 2. The van der Waals surface area contributed by atoms with Crippen LogP contribution in [-0.2, 0) is 0 Å². The minimum Gasteiger partial charge on any atom is -0.345 e. The molecule has 0 saturated heterocycles. The van der Waals surface area contributed by atoms with Gasteiger partial charge < -0.3 is 5.32 Å². The van der Waals surface area contributed by atoms with Gasteiger partial charge in [0.15, 0.2) is 0 Å². The number of amides is 1. The van der Waals surface area contributed by atoms with E-state index in [1.54, 1.807) is 35.4 Å². The molecule has 2 heterocycles. The number of fused-ring (bicyclic) bond motifs is 1. The molecule has 0 aliphatic rings. The van der Waals surface area contributed by atoms with Gasteiger partial charge in [-0.2, -0.15) is 0 Å². The van der Waals surface area contributed by atoms with Crippen molar-refractivity contribution < 1.29 is 4.79 Å².